The highest BCUT2D eigenvalue weighted by molar-refractivity contribution is 14.1. The summed E-state index contributed by atoms with van der Waals surface area (Å²) < 4.78 is 0.641. The highest BCUT2D eigenvalue weighted by atomic mass is 127. The van der Waals surface area contributed by atoms with E-state index in [1.807, 2.05) is 22.6 Å². The Morgan fingerprint density at radius 2 is 2.23 bits per heavy atom. The fraction of sp³-hybridized carbons (Fsp3) is 0.250. The lowest BCUT2D eigenvalue weighted by atomic mass is 10.2. The van der Waals surface area contributed by atoms with Crippen molar-refractivity contribution in [2.75, 3.05) is 7.05 Å². The molecule has 0 saturated heterocycles. The summed E-state index contributed by atoms with van der Waals surface area (Å²) in [6, 6.07) is 0. The molecule has 0 aliphatic heterocycles. The molecular formula is C8H13IN4. The van der Waals surface area contributed by atoms with Gasteiger partial charge in [-0.3, -0.25) is 0 Å². The first-order valence-electron chi connectivity index (χ1n) is 3.61. The Morgan fingerprint density at radius 1 is 1.69 bits per heavy atom. The molecule has 4 nitrogen and oxygen atoms in total. The molecule has 0 bridgehead atoms. The number of nitrogens with zero attached hydrogens (tertiary/aromatic N) is 1. The van der Waals surface area contributed by atoms with Crippen molar-refractivity contribution < 1.29 is 0 Å². The topological polar surface area (TPSA) is 74.3 Å². The van der Waals surface area contributed by atoms with Crippen molar-refractivity contribution in [3.05, 3.63) is 21.6 Å². The fourth-order valence-corrected chi connectivity index (χ4v) is 0.982. The second-order valence-corrected chi connectivity index (χ2v) is 3.57. The van der Waals surface area contributed by atoms with Crippen molar-refractivity contribution in [2.45, 2.75) is 6.92 Å². The van der Waals surface area contributed by atoms with Gasteiger partial charge in [0, 0.05) is 19.0 Å². The zero-order valence-electron chi connectivity index (χ0n) is 7.69. The zero-order chi connectivity index (χ0) is 10.4. The molecule has 0 heterocycles. The number of nitrogens with two attached hydrogens (primary N) is 1. The molecule has 0 fully saturated rings. The molecular weight excluding hydrogens is 279 g/mol. The number of hydrogen-bond donors (Lipinski definition) is 3. The molecule has 0 aromatic rings. The molecule has 0 aromatic heterocycles. The van der Waals surface area contributed by atoms with Gasteiger partial charge in [0.05, 0.1) is 9.28 Å². The van der Waals surface area contributed by atoms with Gasteiger partial charge in [-0.2, -0.15) is 0 Å². The van der Waals surface area contributed by atoms with Crippen LogP contribution in [0.2, 0.25) is 0 Å². The van der Waals surface area contributed by atoms with Crippen molar-refractivity contribution in [1.29, 1.82) is 5.41 Å². The highest BCUT2D eigenvalue weighted by Gasteiger charge is 2.04. The summed E-state index contributed by atoms with van der Waals surface area (Å²) in [5, 5.41) is 10.0. The van der Waals surface area contributed by atoms with Crippen LogP contribution in [-0.2, 0) is 0 Å². The van der Waals surface area contributed by atoms with Gasteiger partial charge in [0.1, 0.15) is 5.84 Å². The summed E-state index contributed by atoms with van der Waals surface area (Å²) >= 11 is 1.99. The summed E-state index contributed by atoms with van der Waals surface area (Å²) in [6.45, 7) is 5.36. The van der Waals surface area contributed by atoms with Crippen molar-refractivity contribution >= 4 is 34.6 Å². The van der Waals surface area contributed by atoms with E-state index in [-0.39, 0.29) is 0 Å². The van der Waals surface area contributed by atoms with Crippen LogP contribution in [0.5, 0.6) is 0 Å². The average molecular weight is 292 g/mol. The third kappa shape index (κ3) is 4.07. The number of nitrogens with one attached hydrogen (secondary N) is 2. The molecule has 5 heteroatoms. The number of amidine groups is 1. The normalized spacial score (nSPS) is 13.3. The molecule has 0 aliphatic rings. The molecule has 0 unspecified atom stereocenters. The van der Waals surface area contributed by atoms with Crippen LogP contribution in [0.25, 0.3) is 0 Å². The minimum atomic E-state index is 0.556. The van der Waals surface area contributed by atoms with Crippen molar-refractivity contribution in [2.24, 2.45) is 10.7 Å². The van der Waals surface area contributed by atoms with E-state index in [0.29, 0.717) is 20.8 Å². The maximum Gasteiger partial charge on any atom is 0.137 e. The molecule has 0 radical (unpaired) electrons. The van der Waals surface area contributed by atoms with Crippen LogP contribution in [-0.4, -0.2) is 19.1 Å². The molecule has 0 aromatic carbocycles. The van der Waals surface area contributed by atoms with Gasteiger partial charge in [0.25, 0.3) is 0 Å². The molecule has 0 atom stereocenters. The smallest absolute Gasteiger partial charge is 0.137 e. The number of hydrogen-bond acceptors (Lipinski definition) is 3. The van der Waals surface area contributed by atoms with E-state index in [2.05, 4.69) is 16.9 Å². The molecule has 72 valence electrons. The van der Waals surface area contributed by atoms with Crippen LogP contribution < -0.4 is 11.1 Å². The van der Waals surface area contributed by atoms with Gasteiger partial charge in [0.2, 0.25) is 0 Å². The minimum absolute atomic E-state index is 0.556. The number of allylic oxidation sites excluding steroid dienone is 1. The Bertz CT molecular complexity index is 274. The second kappa shape index (κ2) is 5.74. The lowest BCUT2D eigenvalue weighted by Gasteiger charge is -2.07. The summed E-state index contributed by atoms with van der Waals surface area (Å²) in [5.41, 5.74) is 6.71. The quantitative estimate of drug-likeness (QED) is 0.318. The highest BCUT2D eigenvalue weighted by Crippen LogP contribution is 2.06. The van der Waals surface area contributed by atoms with Crippen molar-refractivity contribution in [1.82, 2.24) is 5.32 Å². The van der Waals surface area contributed by atoms with E-state index in [1.165, 1.54) is 6.21 Å². The maximum atomic E-state index is 7.15. The standard InChI is InChI=1S/C8H13IN4/c1-5(11)7(4-10)8(12-3)13-6(2)9/h4,10H,2,11H2,1,3H3,(H,12,13)/b7-5-,10-4?. The van der Waals surface area contributed by atoms with Gasteiger partial charge in [-0.25, -0.2) is 4.99 Å². The monoisotopic (exact) mass is 292 g/mol. The molecule has 4 N–H and O–H groups in total. The van der Waals surface area contributed by atoms with Gasteiger partial charge >= 0.3 is 0 Å². The fourth-order valence-electron chi connectivity index (χ4n) is 0.741. The summed E-state index contributed by atoms with van der Waals surface area (Å²) in [7, 11) is 1.73. The summed E-state index contributed by atoms with van der Waals surface area (Å²) in [6.07, 6.45) is 1.17. The van der Waals surface area contributed by atoms with Crippen LogP contribution in [0, 0.1) is 5.41 Å². The first-order chi connectivity index (χ1) is 6.02. The Kier molecular flexibility index (Phi) is 5.36. The van der Waals surface area contributed by atoms with Gasteiger partial charge in [-0.05, 0) is 29.5 Å². The Labute approximate surface area is 91.6 Å². The number of likely N-dealkylation sites (N-methyl/N-ethyl adjacent to an activating group) is 1. The van der Waals surface area contributed by atoms with E-state index < -0.39 is 0 Å². The van der Waals surface area contributed by atoms with Crippen LogP contribution in [0.15, 0.2) is 26.5 Å². The lowest BCUT2D eigenvalue weighted by Crippen LogP contribution is -2.23. The van der Waals surface area contributed by atoms with Crippen LogP contribution in [0.3, 0.4) is 0 Å². The number of rotatable bonds is 3. The predicted molar refractivity (Wildman–Crippen MR) is 65.3 cm³/mol. The Morgan fingerprint density at radius 3 is 2.46 bits per heavy atom. The third-order valence-electron chi connectivity index (χ3n) is 1.29. The van der Waals surface area contributed by atoms with Crippen LogP contribution in [0.1, 0.15) is 6.92 Å². The average Bonchev–Trinajstić information content (AvgIpc) is 2.02. The Hall–Kier alpha value is -0.850. The van der Waals surface area contributed by atoms with Gasteiger partial charge in [0.15, 0.2) is 0 Å². The first-order valence-corrected chi connectivity index (χ1v) is 4.68. The summed E-state index contributed by atoms with van der Waals surface area (Å²) in [4.78, 5) is 4.10. The van der Waals surface area contributed by atoms with Crippen molar-refractivity contribution in [3.8, 4) is 0 Å². The number of halogens is 1. The zero-order valence-corrected chi connectivity index (χ0v) is 9.84. The SMILES string of the molecule is C=C(I)/N=C(NC)\C(C=N)=C(\C)N. The van der Waals surface area contributed by atoms with Gasteiger partial charge < -0.3 is 16.5 Å². The maximum absolute atomic E-state index is 7.15. The van der Waals surface area contributed by atoms with E-state index in [4.69, 9.17) is 11.1 Å². The van der Waals surface area contributed by atoms with E-state index in [9.17, 15) is 0 Å². The van der Waals surface area contributed by atoms with Crippen LogP contribution >= 0.6 is 22.6 Å². The number of aliphatic imine (C=N–C) groups is 1. The molecule has 0 amide bonds. The van der Waals surface area contributed by atoms with E-state index in [1.54, 1.807) is 14.0 Å². The van der Waals surface area contributed by atoms with Gasteiger partial charge in [-0.1, -0.05) is 6.58 Å². The lowest BCUT2D eigenvalue weighted by molar-refractivity contribution is 1.15. The Balaban J connectivity index is 5.08. The minimum Gasteiger partial charge on any atom is -0.402 e. The predicted octanol–water partition coefficient (Wildman–Crippen LogP) is 1.39. The largest absolute Gasteiger partial charge is 0.402 e. The van der Waals surface area contributed by atoms with Crippen molar-refractivity contribution in [3.63, 3.8) is 0 Å². The van der Waals surface area contributed by atoms with Gasteiger partial charge in [-0.15, -0.1) is 0 Å². The molecule has 0 saturated carbocycles. The summed E-state index contributed by atoms with van der Waals surface area (Å²) in [5.74, 6) is 0.564. The van der Waals surface area contributed by atoms with E-state index in [0.717, 1.165) is 0 Å². The second-order valence-electron chi connectivity index (χ2n) is 2.33. The molecule has 13 heavy (non-hydrogen) atoms. The molecule has 0 aliphatic carbocycles. The molecule has 0 rings (SSSR count). The van der Waals surface area contributed by atoms with E-state index >= 15 is 0 Å². The first kappa shape index (κ1) is 12.2. The molecule has 0 spiro atoms. The third-order valence-corrected chi connectivity index (χ3v) is 1.54. The van der Waals surface area contributed by atoms with Crippen LogP contribution in [0.4, 0.5) is 0 Å².